The number of para-hydroxylation sites is 1. The summed E-state index contributed by atoms with van der Waals surface area (Å²) in [6.45, 7) is 8.80. The van der Waals surface area contributed by atoms with Crippen LogP contribution >= 0.6 is 11.6 Å². The minimum atomic E-state index is 0.149. The topological polar surface area (TPSA) is 37.3 Å². The normalized spacial score (nSPS) is 15.5. The van der Waals surface area contributed by atoms with Gasteiger partial charge >= 0.3 is 0 Å². The zero-order chi connectivity index (χ0) is 22.5. The van der Waals surface area contributed by atoms with E-state index in [1.54, 1.807) is 0 Å². The molecule has 0 radical (unpaired) electrons. The quantitative estimate of drug-likeness (QED) is 0.475. The van der Waals surface area contributed by atoms with Crippen LogP contribution in [0.1, 0.15) is 44.4 Å². The summed E-state index contributed by atoms with van der Waals surface area (Å²) in [6, 6.07) is 19.0. The Bertz CT molecular complexity index is 1050. The van der Waals surface area contributed by atoms with Crippen molar-refractivity contribution in [3.8, 4) is 0 Å². The highest BCUT2D eigenvalue weighted by Crippen LogP contribution is 2.25. The lowest BCUT2D eigenvalue weighted by atomic mass is 9.95. The third-order valence-electron chi connectivity index (χ3n) is 6.49. The fourth-order valence-electron chi connectivity index (χ4n) is 4.61. The number of fused-ring (bicyclic) bond motifs is 1. The summed E-state index contributed by atoms with van der Waals surface area (Å²) < 4.78 is 2.41. The van der Waals surface area contributed by atoms with E-state index in [1.165, 1.54) is 22.2 Å². The van der Waals surface area contributed by atoms with Gasteiger partial charge < -0.3 is 9.88 Å². The first-order chi connectivity index (χ1) is 15.5. The highest BCUT2D eigenvalue weighted by atomic mass is 35.5. The number of amides is 1. The fourth-order valence-corrected chi connectivity index (χ4v) is 4.83. The third kappa shape index (κ3) is 5.73. The number of hydrogen-bond donors (Lipinski definition) is 1. The molecule has 0 aliphatic carbocycles. The standard InChI is InChI=1S/C27H34ClN3O/c1-20(2)10-13-29-27(32)22-11-14-30(15-12-22)19-25-17-23-7-3-4-9-26(23)31(25)18-21-6-5-8-24(28)16-21/h3-9,16-17,20,22H,10-15,18-19H2,1-2H3,(H,29,32). The van der Waals surface area contributed by atoms with E-state index in [9.17, 15) is 4.79 Å². The number of benzene rings is 2. The van der Waals surface area contributed by atoms with E-state index in [-0.39, 0.29) is 11.8 Å². The molecular weight excluding hydrogens is 418 g/mol. The molecule has 170 valence electrons. The predicted molar refractivity (Wildman–Crippen MR) is 133 cm³/mol. The molecular formula is C27H34ClN3O. The Labute approximate surface area is 196 Å². The summed E-state index contributed by atoms with van der Waals surface area (Å²) in [5.41, 5.74) is 3.77. The minimum Gasteiger partial charge on any atom is -0.356 e. The molecule has 1 aromatic heterocycles. The molecule has 2 heterocycles. The molecule has 4 rings (SSSR count). The maximum atomic E-state index is 12.5. The number of piperidine rings is 1. The van der Waals surface area contributed by atoms with Crippen molar-refractivity contribution in [2.45, 2.75) is 46.2 Å². The first kappa shape index (κ1) is 22.9. The van der Waals surface area contributed by atoms with E-state index in [0.717, 1.165) is 57.0 Å². The molecule has 1 amide bonds. The van der Waals surface area contributed by atoms with Crippen LogP contribution in [0.4, 0.5) is 0 Å². The molecule has 1 saturated heterocycles. The van der Waals surface area contributed by atoms with Crippen LogP contribution in [0.3, 0.4) is 0 Å². The molecule has 5 heteroatoms. The molecule has 32 heavy (non-hydrogen) atoms. The van der Waals surface area contributed by atoms with Crippen LogP contribution in [0.5, 0.6) is 0 Å². The van der Waals surface area contributed by atoms with Crippen molar-refractivity contribution < 1.29 is 4.79 Å². The molecule has 3 aromatic rings. The predicted octanol–water partition coefficient (Wildman–Crippen LogP) is 5.72. The van der Waals surface area contributed by atoms with Crippen LogP contribution in [-0.4, -0.2) is 35.0 Å². The number of likely N-dealkylation sites (tertiary alicyclic amines) is 1. The minimum absolute atomic E-state index is 0.149. The first-order valence-corrected chi connectivity index (χ1v) is 12.2. The molecule has 0 saturated carbocycles. The maximum Gasteiger partial charge on any atom is 0.223 e. The van der Waals surface area contributed by atoms with Gasteiger partial charge in [0.15, 0.2) is 0 Å². The van der Waals surface area contributed by atoms with E-state index in [4.69, 9.17) is 11.6 Å². The Hall–Kier alpha value is -2.30. The smallest absolute Gasteiger partial charge is 0.223 e. The van der Waals surface area contributed by atoms with E-state index in [0.29, 0.717) is 5.92 Å². The van der Waals surface area contributed by atoms with Gasteiger partial charge in [0, 0.05) is 41.8 Å². The number of hydrogen-bond acceptors (Lipinski definition) is 2. The van der Waals surface area contributed by atoms with Gasteiger partial charge in [0.05, 0.1) is 0 Å². The lowest BCUT2D eigenvalue weighted by Crippen LogP contribution is -2.40. The Balaban J connectivity index is 1.42. The van der Waals surface area contributed by atoms with Crippen molar-refractivity contribution in [1.82, 2.24) is 14.8 Å². The van der Waals surface area contributed by atoms with E-state index in [2.05, 4.69) is 65.0 Å². The van der Waals surface area contributed by atoms with Gasteiger partial charge in [-0.25, -0.2) is 0 Å². The monoisotopic (exact) mass is 451 g/mol. The van der Waals surface area contributed by atoms with E-state index >= 15 is 0 Å². The number of rotatable bonds is 8. The van der Waals surface area contributed by atoms with Crippen LogP contribution in [0, 0.1) is 11.8 Å². The van der Waals surface area contributed by atoms with Crippen molar-refractivity contribution in [3.63, 3.8) is 0 Å². The third-order valence-corrected chi connectivity index (χ3v) is 6.73. The largest absolute Gasteiger partial charge is 0.356 e. The van der Waals surface area contributed by atoms with Crippen LogP contribution in [-0.2, 0) is 17.9 Å². The summed E-state index contributed by atoms with van der Waals surface area (Å²) in [7, 11) is 0. The number of nitrogens with one attached hydrogen (secondary N) is 1. The number of nitrogens with zero attached hydrogens (tertiary/aromatic N) is 2. The van der Waals surface area contributed by atoms with Gasteiger partial charge in [-0.15, -0.1) is 0 Å². The molecule has 1 fully saturated rings. The summed E-state index contributed by atoms with van der Waals surface area (Å²) in [5, 5.41) is 5.17. The average molecular weight is 452 g/mol. The Morgan fingerprint density at radius 1 is 1.06 bits per heavy atom. The number of halogens is 1. The molecule has 1 aliphatic heterocycles. The van der Waals surface area contributed by atoms with Gasteiger partial charge in [0.25, 0.3) is 0 Å². The van der Waals surface area contributed by atoms with E-state index < -0.39 is 0 Å². The average Bonchev–Trinajstić information content (AvgIpc) is 3.11. The second-order valence-electron chi connectivity index (χ2n) is 9.43. The van der Waals surface area contributed by atoms with Crippen LogP contribution in [0.25, 0.3) is 10.9 Å². The first-order valence-electron chi connectivity index (χ1n) is 11.8. The van der Waals surface area contributed by atoms with Crippen LogP contribution < -0.4 is 5.32 Å². The number of aromatic nitrogens is 1. The maximum absolute atomic E-state index is 12.5. The Kier molecular flexibility index (Phi) is 7.54. The summed E-state index contributed by atoms with van der Waals surface area (Å²) in [5.74, 6) is 1.01. The summed E-state index contributed by atoms with van der Waals surface area (Å²) >= 11 is 6.23. The van der Waals surface area contributed by atoms with Crippen molar-refractivity contribution in [2.24, 2.45) is 11.8 Å². The summed E-state index contributed by atoms with van der Waals surface area (Å²) in [6.07, 6.45) is 2.91. The molecule has 1 N–H and O–H groups in total. The summed E-state index contributed by atoms with van der Waals surface area (Å²) in [4.78, 5) is 15.0. The highest BCUT2D eigenvalue weighted by molar-refractivity contribution is 6.30. The van der Waals surface area contributed by atoms with Crippen LogP contribution in [0.2, 0.25) is 5.02 Å². The lowest BCUT2D eigenvalue weighted by Gasteiger charge is -2.31. The SMILES string of the molecule is CC(C)CCNC(=O)C1CCN(Cc2cc3ccccc3n2Cc2cccc(Cl)c2)CC1. The van der Waals surface area contributed by atoms with Crippen LogP contribution in [0.15, 0.2) is 54.6 Å². The highest BCUT2D eigenvalue weighted by Gasteiger charge is 2.25. The molecule has 0 spiro atoms. The molecule has 0 unspecified atom stereocenters. The van der Waals surface area contributed by atoms with Gasteiger partial charge in [0.1, 0.15) is 0 Å². The second kappa shape index (κ2) is 10.5. The van der Waals surface area contributed by atoms with E-state index in [1.807, 2.05) is 18.2 Å². The second-order valence-corrected chi connectivity index (χ2v) is 9.87. The van der Waals surface area contributed by atoms with Gasteiger partial charge in [-0.1, -0.05) is 55.8 Å². The Morgan fingerprint density at radius 3 is 2.59 bits per heavy atom. The van der Waals surface area contributed by atoms with Crippen molar-refractivity contribution >= 4 is 28.4 Å². The van der Waals surface area contributed by atoms with Gasteiger partial charge in [-0.3, -0.25) is 9.69 Å². The van der Waals surface area contributed by atoms with Crippen molar-refractivity contribution in [2.75, 3.05) is 19.6 Å². The molecule has 4 nitrogen and oxygen atoms in total. The van der Waals surface area contributed by atoms with Crippen molar-refractivity contribution in [1.29, 1.82) is 0 Å². The lowest BCUT2D eigenvalue weighted by molar-refractivity contribution is -0.126. The van der Waals surface area contributed by atoms with Crippen molar-refractivity contribution in [3.05, 3.63) is 70.9 Å². The van der Waals surface area contributed by atoms with Gasteiger partial charge in [0.2, 0.25) is 5.91 Å². The fraction of sp³-hybridized carbons (Fsp3) is 0.444. The molecule has 1 aliphatic rings. The molecule has 2 aromatic carbocycles. The number of carbonyl (C=O) groups excluding carboxylic acids is 1. The van der Waals surface area contributed by atoms with Gasteiger partial charge in [-0.2, -0.15) is 0 Å². The Morgan fingerprint density at radius 2 is 1.84 bits per heavy atom. The zero-order valence-corrected chi connectivity index (χ0v) is 19.9. The molecule has 0 atom stereocenters. The van der Waals surface area contributed by atoms with Gasteiger partial charge in [-0.05, 0) is 73.5 Å². The zero-order valence-electron chi connectivity index (χ0n) is 19.2. The number of carbonyl (C=O) groups is 1. The molecule has 0 bridgehead atoms.